The Labute approximate surface area is 120 Å². The maximum Gasteiger partial charge on any atom is 0.123 e. The molecule has 0 atom stereocenters. The van der Waals surface area contributed by atoms with Crippen LogP contribution in [0, 0.1) is 11.8 Å². The van der Waals surface area contributed by atoms with Crippen LogP contribution in [-0.2, 0) is 11.3 Å². The van der Waals surface area contributed by atoms with Gasteiger partial charge in [0, 0.05) is 37.2 Å². The molecule has 0 radical (unpaired) electrons. The van der Waals surface area contributed by atoms with Crippen molar-refractivity contribution in [2.24, 2.45) is 0 Å². The van der Waals surface area contributed by atoms with Crippen LogP contribution < -0.4 is 4.74 Å². The summed E-state index contributed by atoms with van der Waals surface area (Å²) in [6, 6.07) is 5.98. The Morgan fingerprint density at radius 2 is 2.15 bits per heavy atom. The molecule has 0 amide bonds. The minimum absolute atomic E-state index is 0.101. The van der Waals surface area contributed by atoms with Crippen molar-refractivity contribution in [3.63, 3.8) is 0 Å². The van der Waals surface area contributed by atoms with Crippen LogP contribution in [0.25, 0.3) is 0 Å². The van der Waals surface area contributed by atoms with Crippen molar-refractivity contribution in [3.8, 4) is 17.6 Å². The van der Waals surface area contributed by atoms with Gasteiger partial charge in [-0.3, -0.25) is 4.90 Å². The van der Waals surface area contributed by atoms with E-state index in [-0.39, 0.29) is 6.61 Å². The highest BCUT2D eigenvalue weighted by Gasteiger charge is 2.13. The van der Waals surface area contributed by atoms with Crippen molar-refractivity contribution in [3.05, 3.63) is 29.3 Å². The second-order valence-electron chi connectivity index (χ2n) is 4.69. The van der Waals surface area contributed by atoms with Gasteiger partial charge in [0.05, 0.1) is 26.9 Å². The number of aliphatic hydroxyl groups is 1. The van der Waals surface area contributed by atoms with Crippen LogP contribution in [-0.4, -0.2) is 50.0 Å². The Kier molecular flexibility index (Phi) is 5.87. The lowest BCUT2D eigenvalue weighted by molar-refractivity contribution is 0.0339. The van der Waals surface area contributed by atoms with E-state index in [4.69, 9.17) is 14.6 Å². The summed E-state index contributed by atoms with van der Waals surface area (Å²) in [5.41, 5.74) is 2.10. The van der Waals surface area contributed by atoms with Crippen molar-refractivity contribution in [2.75, 3.05) is 40.0 Å². The largest absolute Gasteiger partial charge is 0.496 e. The monoisotopic (exact) mass is 275 g/mol. The first-order valence-electron chi connectivity index (χ1n) is 6.90. The third-order valence-corrected chi connectivity index (χ3v) is 3.25. The normalized spacial score (nSPS) is 15.5. The quantitative estimate of drug-likeness (QED) is 0.840. The van der Waals surface area contributed by atoms with E-state index in [0.717, 1.165) is 49.7 Å². The summed E-state index contributed by atoms with van der Waals surface area (Å²) < 4.78 is 10.8. The average molecular weight is 275 g/mol. The third-order valence-electron chi connectivity index (χ3n) is 3.25. The lowest BCUT2D eigenvalue weighted by Gasteiger charge is -2.27. The summed E-state index contributed by atoms with van der Waals surface area (Å²) in [6.45, 7) is 4.43. The molecule has 0 unspecified atom stereocenters. The second kappa shape index (κ2) is 7.91. The molecule has 0 aromatic heterocycles. The lowest BCUT2D eigenvalue weighted by Crippen LogP contribution is -2.35. The maximum atomic E-state index is 8.76. The number of morpholine rings is 1. The molecular formula is C16H21NO3. The molecule has 1 heterocycles. The molecule has 1 saturated heterocycles. The van der Waals surface area contributed by atoms with Gasteiger partial charge in [0.2, 0.25) is 0 Å². The van der Waals surface area contributed by atoms with Gasteiger partial charge in [-0.05, 0) is 18.2 Å². The molecule has 0 aliphatic carbocycles. The molecule has 20 heavy (non-hydrogen) atoms. The molecular weight excluding hydrogens is 254 g/mol. The lowest BCUT2D eigenvalue weighted by atomic mass is 10.1. The summed E-state index contributed by atoms with van der Waals surface area (Å²) in [7, 11) is 1.69. The molecule has 0 spiro atoms. The van der Waals surface area contributed by atoms with Gasteiger partial charge >= 0.3 is 0 Å². The van der Waals surface area contributed by atoms with Gasteiger partial charge in [0.25, 0.3) is 0 Å². The molecule has 1 aromatic carbocycles. The number of methoxy groups -OCH3 is 1. The predicted molar refractivity (Wildman–Crippen MR) is 77.7 cm³/mol. The number of hydrogen-bond donors (Lipinski definition) is 1. The Morgan fingerprint density at radius 3 is 2.85 bits per heavy atom. The van der Waals surface area contributed by atoms with Crippen molar-refractivity contribution < 1.29 is 14.6 Å². The first-order valence-corrected chi connectivity index (χ1v) is 6.90. The summed E-state index contributed by atoms with van der Waals surface area (Å²) in [4.78, 5) is 2.35. The van der Waals surface area contributed by atoms with E-state index in [2.05, 4.69) is 22.8 Å². The van der Waals surface area contributed by atoms with Gasteiger partial charge in [-0.15, -0.1) is 0 Å². The van der Waals surface area contributed by atoms with Crippen LogP contribution >= 0.6 is 0 Å². The highest BCUT2D eigenvalue weighted by Crippen LogP contribution is 2.21. The Morgan fingerprint density at radius 1 is 1.35 bits per heavy atom. The van der Waals surface area contributed by atoms with Gasteiger partial charge < -0.3 is 14.6 Å². The van der Waals surface area contributed by atoms with Crippen molar-refractivity contribution >= 4 is 0 Å². The number of nitrogens with zero attached hydrogens (tertiary/aromatic N) is 1. The minimum Gasteiger partial charge on any atom is -0.496 e. The minimum atomic E-state index is 0.101. The first kappa shape index (κ1) is 14.9. The number of rotatable bonds is 4. The highest BCUT2D eigenvalue weighted by atomic mass is 16.5. The van der Waals surface area contributed by atoms with Gasteiger partial charge in [0.1, 0.15) is 5.75 Å². The molecule has 108 valence electrons. The fraction of sp³-hybridized carbons (Fsp3) is 0.500. The summed E-state index contributed by atoms with van der Waals surface area (Å²) in [6.07, 6.45) is 0.505. The predicted octanol–water partition coefficient (Wildman–Crippen LogP) is 1.26. The number of aliphatic hydroxyl groups excluding tert-OH is 1. The molecule has 4 heteroatoms. The van der Waals surface area contributed by atoms with Crippen LogP contribution in [0.1, 0.15) is 17.5 Å². The molecule has 4 nitrogen and oxygen atoms in total. The smallest absolute Gasteiger partial charge is 0.123 e. The van der Waals surface area contributed by atoms with Crippen molar-refractivity contribution in [2.45, 2.75) is 13.0 Å². The van der Waals surface area contributed by atoms with E-state index in [9.17, 15) is 0 Å². The SMILES string of the molecule is COc1ccc(C#CCCO)cc1CN1CCOCC1. The van der Waals surface area contributed by atoms with Crippen LogP contribution in [0.15, 0.2) is 18.2 Å². The van der Waals surface area contributed by atoms with E-state index in [1.165, 1.54) is 0 Å². The molecule has 2 rings (SSSR count). The molecule has 0 saturated carbocycles. The molecule has 0 bridgehead atoms. The van der Waals surface area contributed by atoms with E-state index in [1.807, 2.05) is 12.1 Å². The summed E-state index contributed by atoms with van der Waals surface area (Å²) in [5, 5.41) is 8.76. The number of ether oxygens (including phenoxy) is 2. The summed E-state index contributed by atoms with van der Waals surface area (Å²) in [5.74, 6) is 6.90. The average Bonchev–Trinajstić information content (AvgIpc) is 2.49. The zero-order valence-electron chi connectivity index (χ0n) is 11.9. The highest BCUT2D eigenvalue weighted by molar-refractivity contribution is 5.44. The topological polar surface area (TPSA) is 41.9 Å². The molecule has 1 N–H and O–H groups in total. The van der Waals surface area contributed by atoms with Crippen LogP contribution in [0.2, 0.25) is 0 Å². The van der Waals surface area contributed by atoms with Crippen molar-refractivity contribution in [1.29, 1.82) is 0 Å². The van der Waals surface area contributed by atoms with E-state index in [0.29, 0.717) is 6.42 Å². The number of hydrogen-bond acceptors (Lipinski definition) is 4. The Hall–Kier alpha value is -1.54. The maximum absolute atomic E-state index is 8.76. The van der Waals surface area contributed by atoms with Crippen LogP contribution in [0.5, 0.6) is 5.75 Å². The first-order chi connectivity index (χ1) is 9.83. The molecule has 1 fully saturated rings. The zero-order chi connectivity index (χ0) is 14.2. The fourth-order valence-corrected chi connectivity index (χ4v) is 2.20. The van der Waals surface area contributed by atoms with E-state index < -0.39 is 0 Å². The summed E-state index contributed by atoms with van der Waals surface area (Å²) >= 11 is 0. The van der Waals surface area contributed by atoms with E-state index in [1.54, 1.807) is 7.11 Å². The number of benzene rings is 1. The molecule has 1 aliphatic rings. The standard InChI is InChI=1S/C16H21NO3/c1-19-16-6-5-14(4-2-3-9-18)12-15(16)13-17-7-10-20-11-8-17/h5-6,12,18H,3,7-11,13H2,1H3. The Bertz CT molecular complexity index is 484. The second-order valence-corrected chi connectivity index (χ2v) is 4.69. The third kappa shape index (κ3) is 4.24. The zero-order valence-corrected chi connectivity index (χ0v) is 11.9. The van der Waals surface area contributed by atoms with Gasteiger partial charge in [0.15, 0.2) is 0 Å². The van der Waals surface area contributed by atoms with Crippen LogP contribution in [0.4, 0.5) is 0 Å². The van der Waals surface area contributed by atoms with Gasteiger partial charge in [-0.25, -0.2) is 0 Å². The fourth-order valence-electron chi connectivity index (χ4n) is 2.20. The van der Waals surface area contributed by atoms with Gasteiger partial charge in [-0.2, -0.15) is 0 Å². The molecule has 1 aromatic rings. The van der Waals surface area contributed by atoms with Gasteiger partial charge in [-0.1, -0.05) is 11.8 Å². The Balaban J connectivity index is 2.11. The van der Waals surface area contributed by atoms with Crippen LogP contribution in [0.3, 0.4) is 0 Å². The molecule has 1 aliphatic heterocycles. The van der Waals surface area contributed by atoms with E-state index >= 15 is 0 Å². The van der Waals surface area contributed by atoms with Crippen molar-refractivity contribution in [1.82, 2.24) is 4.90 Å².